The van der Waals surface area contributed by atoms with E-state index in [1.165, 1.54) is 0 Å². The summed E-state index contributed by atoms with van der Waals surface area (Å²) in [5.74, 6) is -0.924. The van der Waals surface area contributed by atoms with Gasteiger partial charge in [0, 0.05) is 12.3 Å². The van der Waals surface area contributed by atoms with Crippen molar-refractivity contribution in [2.24, 2.45) is 0 Å². The topological polar surface area (TPSA) is 76.4 Å². The highest BCUT2D eigenvalue weighted by atomic mass is 16.5. The smallest absolute Gasteiger partial charge is 0.336 e. The summed E-state index contributed by atoms with van der Waals surface area (Å²) in [5.41, 5.74) is 2.58. The van der Waals surface area contributed by atoms with Gasteiger partial charge in [0.05, 0.1) is 23.6 Å². The average molecular weight is 301 g/mol. The molecule has 0 amide bonds. The number of ether oxygens (including phenoxy) is 1. The quantitative estimate of drug-likeness (QED) is 0.905. The first-order valence-corrected chi connectivity index (χ1v) is 7.40. The molecule has 1 aromatic carbocycles. The standard InChI is InChI=1S/C16H19N3O3/c1-11-5-6-12(8-14(11)16(20)21)18-13-9-17-19(10-13)15-4-2-3-7-22-15/h5-6,8-10,15,18H,2-4,7H2,1H3,(H,20,21). The lowest BCUT2D eigenvalue weighted by Crippen LogP contribution is -2.18. The zero-order chi connectivity index (χ0) is 15.5. The van der Waals surface area contributed by atoms with Crippen LogP contribution in [0.2, 0.25) is 0 Å². The van der Waals surface area contributed by atoms with E-state index < -0.39 is 5.97 Å². The number of carbonyl (C=O) groups is 1. The molecule has 0 bridgehead atoms. The molecule has 0 radical (unpaired) electrons. The van der Waals surface area contributed by atoms with Crippen LogP contribution in [-0.2, 0) is 4.74 Å². The highest BCUT2D eigenvalue weighted by Gasteiger charge is 2.16. The van der Waals surface area contributed by atoms with Gasteiger partial charge >= 0.3 is 5.97 Å². The minimum atomic E-state index is -0.924. The van der Waals surface area contributed by atoms with Crippen molar-refractivity contribution in [3.05, 3.63) is 41.7 Å². The van der Waals surface area contributed by atoms with Gasteiger partial charge in [0.2, 0.25) is 0 Å². The van der Waals surface area contributed by atoms with E-state index in [1.807, 2.05) is 16.9 Å². The molecule has 3 rings (SSSR count). The number of carboxylic acid groups (broad SMARTS) is 1. The van der Waals surface area contributed by atoms with Gasteiger partial charge in [-0.05, 0) is 43.9 Å². The fraction of sp³-hybridized carbons (Fsp3) is 0.375. The van der Waals surface area contributed by atoms with Gasteiger partial charge in [-0.1, -0.05) is 6.07 Å². The van der Waals surface area contributed by atoms with E-state index in [0.29, 0.717) is 5.56 Å². The minimum Gasteiger partial charge on any atom is -0.478 e. The Bertz CT molecular complexity index is 675. The fourth-order valence-electron chi connectivity index (χ4n) is 2.59. The Morgan fingerprint density at radius 1 is 1.41 bits per heavy atom. The molecule has 1 aliphatic rings. The Morgan fingerprint density at radius 2 is 2.27 bits per heavy atom. The summed E-state index contributed by atoms with van der Waals surface area (Å²) >= 11 is 0. The van der Waals surface area contributed by atoms with Crippen LogP contribution in [0.1, 0.15) is 41.4 Å². The van der Waals surface area contributed by atoms with Gasteiger partial charge in [-0.15, -0.1) is 0 Å². The molecule has 0 spiro atoms. The summed E-state index contributed by atoms with van der Waals surface area (Å²) in [6.07, 6.45) is 6.82. The molecule has 0 aliphatic carbocycles. The lowest BCUT2D eigenvalue weighted by atomic mass is 10.1. The molecule has 116 valence electrons. The SMILES string of the molecule is Cc1ccc(Nc2cnn(C3CCCCO3)c2)cc1C(=O)O. The zero-order valence-electron chi connectivity index (χ0n) is 12.5. The molecule has 1 atom stereocenters. The van der Waals surface area contributed by atoms with Crippen LogP contribution in [0.25, 0.3) is 0 Å². The van der Waals surface area contributed by atoms with Crippen molar-refractivity contribution >= 4 is 17.3 Å². The second kappa shape index (κ2) is 6.19. The summed E-state index contributed by atoms with van der Waals surface area (Å²) in [6, 6.07) is 5.28. The third kappa shape index (κ3) is 3.12. The van der Waals surface area contributed by atoms with Crippen LogP contribution in [0.4, 0.5) is 11.4 Å². The maximum Gasteiger partial charge on any atom is 0.336 e. The van der Waals surface area contributed by atoms with Gasteiger partial charge in [0.15, 0.2) is 0 Å². The second-order valence-electron chi connectivity index (χ2n) is 5.49. The van der Waals surface area contributed by atoms with Crippen LogP contribution in [0.3, 0.4) is 0 Å². The maximum atomic E-state index is 11.2. The predicted molar refractivity (Wildman–Crippen MR) is 82.5 cm³/mol. The third-order valence-corrected chi connectivity index (χ3v) is 3.81. The molecule has 1 saturated heterocycles. The molecule has 1 unspecified atom stereocenters. The summed E-state index contributed by atoms with van der Waals surface area (Å²) in [4.78, 5) is 11.2. The molecule has 6 nitrogen and oxygen atoms in total. The number of carboxylic acids is 1. The molecule has 1 aliphatic heterocycles. The number of anilines is 2. The van der Waals surface area contributed by atoms with Gasteiger partial charge in [-0.3, -0.25) is 0 Å². The number of nitrogens with one attached hydrogen (secondary N) is 1. The Kier molecular flexibility index (Phi) is 4.11. The third-order valence-electron chi connectivity index (χ3n) is 3.81. The zero-order valence-corrected chi connectivity index (χ0v) is 12.5. The molecule has 22 heavy (non-hydrogen) atoms. The van der Waals surface area contributed by atoms with Gasteiger partial charge in [-0.25, -0.2) is 9.48 Å². The van der Waals surface area contributed by atoms with E-state index in [0.717, 1.165) is 42.8 Å². The molecule has 1 fully saturated rings. The summed E-state index contributed by atoms with van der Waals surface area (Å²) in [6.45, 7) is 2.55. The number of aryl methyl sites for hydroxylation is 1. The molecule has 2 aromatic rings. The van der Waals surface area contributed by atoms with Gasteiger partial charge < -0.3 is 15.2 Å². The molecule has 0 saturated carbocycles. The van der Waals surface area contributed by atoms with Crippen molar-refractivity contribution in [3.8, 4) is 0 Å². The van der Waals surface area contributed by atoms with E-state index in [-0.39, 0.29) is 6.23 Å². The molecule has 2 N–H and O–H groups in total. The van der Waals surface area contributed by atoms with Crippen molar-refractivity contribution in [2.45, 2.75) is 32.4 Å². The van der Waals surface area contributed by atoms with Crippen molar-refractivity contribution in [2.75, 3.05) is 11.9 Å². The normalized spacial score (nSPS) is 18.1. The van der Waals surface area contributed by atoms with Crippen molar-refractivity contribution in [3.63, 3.8) is 0 Å². The Morgan fingerprint density at radius 3 is 3.00 bits per heavy atom. The van der Waals surface area contributed by atoms with Crippen LogP contribution in [-0.4, -0.2) is 27.5 Å². The van der Waals surface area contributed by atoms with Gasteiger partial charge in [0.25, 0.3) is 0 Å². The van der Waals surface area contributed by atoms with Crippen molar-refractivity contribution in [1.29, 1.82) is 0 Å². The van der Waals surface area contributed by atoms with Crippen LogP contribution < -0.4 is 5.32 Å². The minimum absolute atomic E-state index is 0.00287. The first kappa shape index (κ1) is 14.6. The lowest BCUT2D eigenvalue weighted by Gasteiger charge is -2.22. The van der Waals surface area contributed by atoms with Crippen LogP contribution in [0, 0.1) is 6.92 Å². The number of nitrogens with zero attached hydrogens (tertiary/aromatic N) is 2. The highest BCUT2D eigenvalue weighted by Crippen LogP contribution is 2.24. The monoisotopic (exact) mass is 301 g/mol. The van der Waals surface area contributed by atoms with Crippen LogP contribution >= 0.6 is 0 Å². The van der Waals surface area contributed by atoms with E-state index in [9.17, 15) is 4.79 Å². The Hall–Kier alpha value is -2.34. The van der Waals surface area contributed by atoms with E-state index in [2.05, 4.69) is 10.4 Å². The molecule has 6 heteroatoms. The van der Waals surface area contributed by atoms with Crippen LogP contribution in [0.15, 0.2) is 30.6 Å². The summed E-state index contributed by atoms with van der Waals surface area (Å²) in [5, 5.41) is 16.7. The van der Waals surface area contributed by atoms with E-state index >= 15 is 0 Å². The number of benzene rings is 1. The number of aromatic carboxylic acids is 1. The number of hydrogen-bond donors (Lipinski definition) is 2. The molecule has 1 aromatic heterocycles. The summed E-state index contributed by atoms with van der Waals surface area (Å²) in [7, 11) is 0. The van der Waals surface area contributed by atoms with E-state index in [4.69, 9.17) is 9.84 Å². The molecular formula is C16H19N3O3. The molecular weight excluding hydrogens is 282 g/mol. The van der Waals surface area contributed by atoms with Crippen molar-refractivity contribution in [1.82, 2.24) is 9.78 Å². The average Bonchev–Trinajstić information content (AvgIpc) is 2.98. The second-order valence-corrected chi connectivity index (χ2v) is 5.49. The first-order valence-electron chi connectivity index (χ1n) is 7.40. The van der Waals surface area contributed by atoms with Gasteiger partial charge in [-0.2, -0.15) is 5.10 Å². The number of hydrogen-bond acceptors (Lipinski definition) is 4. The molecule has 2 heterocycles. The largest absolute Gasteiger partial charge is 0.478 e. The Labute approximate surface area is 128 Å². The highest BCUT2D eigenvalue weighted by molar-refractivity contribution is 5.90. The summed E-state index contributed by atoms with van der Waals surface area (Å²) < 4.78 is 7.50. The number of aromatic nitrogens is 2. The Balaban J connectivity index is 1.75. The van der Waals surface area contributed by atoms with Gasteiger partial charge in [0.1, 0.15) is 6.23 Å². The maximum absolute atomic E-state index is 11.2. The van der Waals surface area contributed by atoms with Crippen LogP contribution in [0.5, 0.6) is 0 Å². The lowest BCUT2D eigenvalue weighted by molar-refractivity contribution is -0.0394. The predicted octanol–water partition coefficient (Wildman–Crippen LogP) is 3.33. The van der Waals surface area contributed by atoms with E-state index in [1.54, 1.807) is 25.3 Å². The number of rotatable bonds is 4. The van der Waals surface area contributed by atoms with Crippen molar-refractivity contribution < 1.29 is 14.6 Å². The fourth-order valence-corrected chi connectivity index (χ4v) is 2.59. The first-order chi connectivity index (χ1) is 10.6.